The lowest BCUT2D eigenvalue weighted by molar-refractivity contribution is 0.340. The number of rotatable bonds is 7. The Kier molecular flexibility index (Phi) is 4.14. The van der Waals surface area contributed by atoms with E-state index in [0.717, 1.165) is 13.1 Å². The number of likely N-dealkylation sites (N-methyl/N-ethyl adjacent to an activating group) is 1. The molecule has 7 heteroatoms. The zero-order valence-electron chi connectivity index (χ0n) is 11.0. The quantitative estimate of drug-likeness (QED) is 0.737. The predicted octanol–water partition coefficient (Wildman–Crippen LogP) is 0.0770. The fourth-order valence-electron chi connectivity index (χ4n) is 1.51. The molecule has 1 saturated carbocycles. The van der Waals surface area contributed by atoms with Crippen molar-refractivity contribution in [3.63, 3.8) is 0 Å². The number of anilines is 1. The molecule has 0 aromatic carbocycles. The summed E-state index contributed by atoms with van der Waals surface area (Å²) < 4.78 is 10.0. The SMILES string of the molecule is COc1nc(OC)nc(N(C)CCNC2CC2)n1. The van der Waals surface area contributed by atoms with Crippen LogP contribution < -0.4 is 19.7 Å². The summed E-state index contributed by atoms with van der Waals surface area (Å²) >= 11 is 0. The molecular weight excluding hydrogens is 234 g/mol. The van der Waals surface area contributed by atoms with Crippen LogP contribution in [-0.4, -0.2) is 55.4 Å². The molecule has 1 aromatic rings. The first-order chi connectivity index (χ1) is 8.72. The van der Waals surface area contributed by atoms with Gasteiger partial charge in [0.1, 0.15) is 0 Å². The second kappa shape index (κ2) is 5.81. The summed E-state index contributed by atoms with van der Waals surface area (Å²) in [5, 5.41) is 3.44. The number of nitrogens with zero attached hydrogens (tertiary/aromatic N) is 4. The lowest BCUT2D eigenvalue weighted by atomic mass is 10.5. The maximum Gasteiger partial charge on any atom is 0.324 e. The van der Waals surface area contributed by atoms with Crippen molar-refractivity contribution in [3.8, 4) is 12.0 Å². The molecule has 0 radical (unpaired) electrons. The first kappa shape index (κ1) is 12.8. The molecule has 0 amide bonds. The van der Waals surface area contributed by atoms with Gasteiger partial charge in [0.05, 0.1) is 14.2 Å². The van der Waals surface area contributed by atoms with Crippen LogP contribution in [0.3, 0.4) is 0 Å². The highest BCUT2D eigenvalue weighted by molar-refractivity contribution is 5.30. The molecule has 1 fully saturated rings. The van der Waals surface area contributed by atoms with Crippen molar-refractivity contribution in [2.24, 2.45) is 0 Å². The van der Waals surface area contributed by atoms with Crippen LogP contribution in [0.5, 0.6) is 12.0 Å². The summed E-state index contributed by atoms with van der Waals surface area (Å²) in [6, 6.07) is 1.23. The van der Waals surface area contributed by atoms with Crippen LogP contribution in [0.25, 0.3) is 0 Å². The normalized spacial score (nSPS) is 14.4. The fourth-order valence-corrected chi connectivity index (χ4v) is 1.51. The number of nitrogens with one attached hydrogen (secondary N) is 1. The zero-order valence-corrected chi connectivity index (χ0v) is 11.0. The second-order valence-electron chi connectivity index (χ2n) is 4.26. The maximum atomic E-state index is 5.02. The Morgan fingerprint density at radius 2 is 1.78 bits per heavy atom. The minimum absolute atomic E-state index is 0.263. The van der Waals surface area contributed by atoms with Gasteiger partial charge in [-0.05, 0) is 12.8 Å². The zero-order chi connectivity index (χ0) is 13.0. The molecule has 0 saturated heterocycles. The first-order valence-electron chi connectivity index (χ1n) is 6.01. The molecule has 1 aliphatic carbocycles. The Labute approximate surface area is 107 Å². The van der Waals surface area contributed by atoms with Gasteiger partial charge in [-0.15, -0.1) is 4.98 Å². The van der Waals surface area contributed by atoms with Gasteiger partial charge in [0.2, 0.25) is 5.95 Å². The molecule has 1 heterocycles. The van der Waals surface area contributed by atoms with E-state index in [9.17, 15) is 0 Å². The molecule has 0 unspecified atom stereocenters. The topological polar surface area (TPSA) is 72.4 Å². The van der Waals surface area contributed by atoms with Crippen LogP contribution in [0.4, 0.5) is 5.95 Å². The largest absolute Gasteiger partial charge is 0.467 e. The first-order valence-corrected chi connectivity index (χ1v) is 6.01. The van der Waals surface area contributed by atoms with E-state index in [0.29, 0.717) is 12.0 Å². The van der Waals surface area contributed by atoms with Gasteiger partial charge < -0.3 is 19.7 Å². The third-order valence-corrected chi connectivity index (χ3v) is 2.75. The van der Waals surface area contributed by atoms with Crippen molar-refractivity contribution in [1.82, 2.24) is 20.3 Å². The Bertz CT molecular complexity index is 375. The number of aromatic nitrogens is 3. The Morgan fingerprint density at radius 3 is 2.28 bits per heavy atom. The van der Waals surface area contributed by atoms with Crippen LogP contribution in [0.15, 0.2) is 0 Å². The number of hydrogen-bond acceptors (Lipinski definition) is 7. The van der Waals surface area contributed by atoms with Crippen LogP contribution >= 0.6 is 0 Å². The molecule has 100 valence electrons. The summed E-state index contributed by atoms with van der Waals surface area (Å²) in [6.07, 6.45) is 2.58. The van der Waals surface area contributed by atoms with Gasteiger partial charge in [-0.25, -0.2) is 0 Å². The van der Waals surface area contributed by atoms with Crippen LogP contribution in [0, 0.1) is 0 Å². The Balaban J connectivity index is 1.95. The van der Waals surface area contributed by atoms with Gasteiger partial charge in [-0.2, -0.15) is 9.97 Å². The molecule has 18 heavy (non-hydrogen) atoms. The number of hydrogen-bond donors (Lipinski definition) is 1. The Hall–Kier alpha value is -1.63. The molecule has 1 aliphatic rings. The lowest BCUT2D eigenvalue weighted by Crippen LogP contribution is -2.31. The monoisotopic (exact) mass is 253 g/mol. The van der Waals surface area contributed by atoms with E-state index < -0.39 is 0 Å². The van der Waals surface area contributed by atoms with E-state index in [1.54, 1.807) is 0 Å². The van der Waals surface area contributed by atoms with E-state index in [1.165, 1.54) is 27.1 Å². The van der Waals surface area contributed by atoms with Crippen LogP contribution in [-0.2, 0) is 0 Å². The third kappa shape index (κ3) is 3.43. The molecule has 1 aromatic heterocycles. The number of ether oxygens (including phenoxy) is 2. The highest BCUT2D eigenvalue weighted by Crippen LogP contribution is 2.18. The highest BCUT2D eigenvalue weighted by atomic mass is 16.5. The number of methoxy groups -OCH3 is 2. The van der Waals surface area contributed by atoms with Gasteiger partial charge in [-0.1, -0.05) is 0 Å². The van der Waals surface area contributed by atoms with Gasteiger partial charge in [0, 0.05) is 26.2 Å². The molecule has 0 bridgehead atoms. The average molecular weight is 253 g/mol. The van der Waals surface area contributed by atoms with Crippen molar-refractivity contribution >= 4 is 5.95 Å². The third-order valence-electron chi connectivity index (χ3n) is 2.75. The molecule has 1 N–H and O–H groups in total. The second-order valence-corrected chi connectivity index (χ2v) is 4.26. The van der Waals surface area contributed by atoms with Crippen molar-refractivity contribution in [2.45, 2.75) is 18.9 Å². The molecule has 0 aliphatic heterocycles. The summed E-state index contributed by atoms with van der Waals surface area (Å²) in [6.45, 7) is 1.74. The van der Waals surface area contributed by atoms with E-state index in [1.807, 2.05) is 11.9 Å². The molecule has 7 nitrogen and oxygen atoms in total. The summed E-state index contributed by atoms with van der Waals surface area (Å²) in [5.74, 6) is 0.552. The van der Waals surface area contributed by atoms with Gasteiger partial charge in [-0.3, -0.25) is 0 Å². The Morgan fingerprint density at radius 1 is 1.17 bits per heavy atom. The minimum atomic E-state index is 0.263. The maximum absolute atomic E-state index is 5.02. The smallest absolute Gasteiger partial charge is 0.324 e. The molecule has 0 spiro atoms. The van der Waals surface area contributed by atoms with Crippen LogP contribution in [0.1, 0.15) is 12.8 Å². The summed E-state index contributed by atoms with van der Waals surface area (Å²) in [7, 11) is 4.98. The van der Waals surface area contributed by atoms with E-state index in [2.05, 4.69) is 20.3 Å². The van der Waals surface area contributed by atoms with Crippen molar-refractivity contribution in [2.75, 3.05) is 39.3 Å². The summed E-state index contributed by atoms with van der Waals surface area (Å²) in [4.78, 5) is 14.3. The fraction of sp³-hybridized carbons (Fsp3) is 0.727. The van der Waals surface area contributed by atoms with Gasteiger partial charge in [0.15, 0.2) is 0 Å². The van der Waals surface area contributed by atoms with Crippen molar-refractivity contribution in [3.05, 3.63) is 0 Å². The lowest BCUT2D eigenvalue weighted by Gasteiger charge is -2.17. The van der Waals surface area contributed by atoms with E-state index >= 15 is 0 Å². The van der Waals surface area contributed by atoms with Crippen LogP contribution in [0.2, 0.25) is 0 Å². The minimum Gasteiger partial charge on any atom is -0.467 e. The van der Waals surface area contributed by atoms with Gasteiger partial charge in [0.25, 0.3) is 0 Å². The standard InChI is InChI=1S/C11H19N5O2/c1-16(7-6-12-8-4-5-8)9-13-10(17-2)15-11(14-9)18-3/h8,12H,4-7H2,1-3H3. The predicted molar refractivity (Wildman–Crippen MR) is 67.2 cm³/mol. The van der Waals surface area contributed by atoms with Crippen molar-refractivity contribution in [1.29, 1.82) is 0 Å². The average Bonchev–Trinajstić information content (AvgIpc) is 3.22. The van der Waals surface area contributed by atoms with E-state index in [4.69, 9.17) is 9.47 Å². The summed E-state index contributed by atoms with van der Waals surface area (Å²) in [5.41, 5.74) is 0. The highest BCUT2D eigenvalue weighted by Gasteiger charge is 2.20. The molecular formula is C11H19N5O2. The van der Waals surface area contributed by atoms with Crippen molar-refractivity contribution < 1.29 is 9.47 Å². The van der Waals surface area contributed by atoms with E-state index in [-0.39, 0.29) is 12.0 Å². The van der Waals surface area contributed by atoms with Gasteiger partial charge >= 0.3 is 12.0 Å². The molecule has 2 rings (SSSR count). The molecule has 0 atom stereocenters.